The first kappa shape index (κ1) is 9.21. The average molecular weight is 195 g/mol. The van der Waals surface area contributed by atoms with Crippen LogP contribution in [0.1, 0.15) is 5.56 Å². The zero-order valence-electron chi connectivity index (χ0n) is 8.05. The number of aryl methyl sites for hydroxylation is 1. The van der Waals surface area contributed by atoms with Crippen LogP contribution in [0.15, 0.2) is 12.4 Å². The molecule has 5 nitrogen and oxygen atoms in total. The molecule has 0 bridgehead atoms. The summed E-state index contributed by atoms with van der Waals surface area (Å²) >= 11 is 0. The van der Waals surface area contributed by atoms with Gasteiger partial charge in [0.1, 0.15) is 0 Å². The number of hydrogen-bond donors (Lipinski definition) is 1. The van der Waals surface area contributed by atoms with Gasteiger partial charge in [0, 0.05) is 38.4 Å². The molecule has 2 rings (SSSR count). The summed E-state index contributed by atoms with van der Waals surface area (Å²) in [6, 6.07) is 0. The van der Waals surface area contributed by atoms with E-state index in [4.69, 9.17) is 5.11 Å². The molecule has 1 aromatic heterocycles. The van der Waals surface area contributed by atoms with Crippen LogP contribution in [0.5, 0.6) is 0 Å². The Kier molecular flexibility index (Phi) is 2.25. The quantitative estimate of drug-likeness (QED) is 0.734. The van der Waals surface area contributed by atoms with Crippen molar-refractivity contribution in [3.8, 4) is 0 Å². The smallest absolute Gasteiger partial charge is 0.309 e. The third-order valence-electron chi connectivity index (χ3n) is 2.47. The second-order valence-electron chi connectivity index (χ2n) is 3.75. The number of rotatable bonds is 3. The number of carboxylic acids is 1. The summed E-state index contributed by atoms with van der Waals surface area (Å²) < 4.78 is 1.75. The number of hydrogen-bond acceptors (Lipinski definition) is 3. The van der Waals surface area contributed by atoms with Crippen LogP contribution in [0.2, 0.25) is 0 Å². The van der Waals surface area contributed by atoms with Crippen molar-refractivity contribution in [3.63, 3.8) is 0 Å². The van der Waals surface area contributed by atoms with E-state index in [1.807, 2.05) is 19.4 Å². The van der Waals surface area contributed by atoms with Crippen molar-refractivity contribution in [3.05, 3.63) is 18.0 Å². The predicted molar refractivity (Wildman–Crippen MR) is 49.6 cm³/mol. The van der Waals surface area contributed by atoms with Gasteiger partial charge in [0.2, 0.25) is 0 Å². The summed E-state index contributed by atoms with van der Waals surface area (Å²) in [7, 11) is 1.87. The molecule has 0 saturated carbocycles. The van der Waals surface area contributed by atoms with Gasteiger partial charge in [-0.1, -0.05) is 0 Å². The minimum atomic E-state index is -0.688. The van der Waals surface area contributed by atoms with Crippen LogP contribution in [0.25, 0.3) is 0 Å². The van der Waals surface area contributed by atoms with Crippen molar-refractivity contribution in [1.29, 1.82) is 0 Å². The van der Waals surface area contributed by atoms with Gasteiger partial charge in [-0.25, -0.2) is 0 Å². The molecule has 2 heterocycles. The van der Waals surface area contributed by atoms with Crippen LogP contribution in [-0.2, 0) is 18.4 Å². The first-order valence-corrected chi connectivity index (χ1v) is 4.58. The Morgan fingerprint density at radius 1 is 1.71 bits per heavy atom. The summed E-state index contributed by atoms with van der Waals surface area (Å²) in [6.07, 6.45) is 3.77. The molecule has 14 heavy (non-hydrogen) atoms. The van der Waals surface area contributed by atoms with Gasteiger partial charge < -0.3 is 5.11 Å². The molecule has 0 unspecified atom stereocenters. The summed E-state index contributed by atoms with van der Waals surface area (Å²) in [5.74, 6) is -0.862. The normalized spacial score (nSPS) is 18.1. The largest absolute Gasteiger partial charge is 0.481 e. The Hall–Kier alpha value is -1.36. The van der Waals surface area contributed by atoms with Gasteiger partial charge in [0.05, 0.1) is 12.1 Å². The molecule has 1 aromatic rings. The second kappa shape index (κ2) is 3.42. The fourth-order valence-electron chi connectivity index (χ4n) is 1.67. The molecule has 5 heteroatoms. The number of likely N-dealkylation sites (tertiary alicyclic amines) is 1. The Morgan fingerprint density at radius 3 is 2.93 bits per heavy atom. The number of carbonyl (C=O) groups is 1. The Morgan fingerprint density at radius 2 is 2.43 bits per heavy atom. The monoisotopic (exact) mass is 195 g/mol. The number of nitrogens with zero attached hydrogens (tertiary/aromatic N) is 3. The Labute approximate surface area is 81.9 Å². The van der Waals surface area contributed by atoms with Crippen LogP contribution in [0, 0.1) is 5.92 Å². The Balaban J connectivity index is 1.82. The number of aromatic nitrogens is 2. The van der Waals surface area contributed by atoms with E-state index < -0.39 is 5.97 Å². The highest BCUT2D eigenvalue weighted by atomic mass is 16.4. The van der Waals surface area contributed by atoms with E-state index in [1.54, 1.807) is 4.68 Å². The van der Waals surface area contributed by atoms with Gasteiger partial charge in [-0.15, -0.1) is 0 Å². The van der Waals surface area contributed by atoms with Crippen LogP contribution in [0.3, 0.4) is 0 Å². The van der Waals surface area contributed by atoms with E-state index in [0.717, 1.165) is 12.1 Å². The molecule has 0 aromatic carbocycles. The van der Waals surface area contributed by atoms with Crippen molar-refractivity contribution in [2.45, 2.75) is 6.54 Å². The highest BCUT2D eigenvalue weighted by Gasteiger charge is 2.32. The third-order valence-corrected chi connectivity index (χ3v) is 2.47. The lowest BCUT2D eigenvalue weighted by atomic mass is 10.0. The van der Waals surface area contributed by atoms with Crippen molar-refractivity contribution >= 4 is 5.97 Å². The number of carboxylic acid groups (broad SMARTS) is 1. The molecule has 0 amide bonds. The standard InChI is InChI=1S/C9H13N3O2/c1-11-3-7(2-10-11)4-12-5-8(6-12)9(13)14/h2-3,8H,4-6H2,1H3,(H,13,14). The minimum absolute atomic E-state index is 0.174. The molecule has 0 aliphatic carbocycles. The molecule has 0 atom stereocenters. The minimum Gasteiger partial charge on any atom is -0.481 e. The van der Waals surface area contributed by atoms with Crippen LogP contribution < -0.4 is 0 Å². The predicted octanol–water partition coefficient (Wildman–Crippen LogP) is -0.0635. The number of aliphatic carboxylic acids is 1. The van der Waals surface area contributed by atoms with E-state index in [-0.39, 0.29) is 5.92 Å². The molecule has 1 aliphatic rings. The van der Waals surface area contributed by atoms with Crippen LogP contribution in [-0.4, -0.2) is 38.8 Å². The van der Waals surface area contributed by atoms with Gasteiger partial charge in [0.25, 0.3) is 0 Å². The summed E-state index contributed by atoms with van der Waals surface area (Å²) in [5.41, 5.74) is 1.14. The van der Waals surface area contributed by atoms with E-state index in [0.29, 0.717) is 13.1 Å². The van der Waals surface area contributed by atoms with Gasteiger partial charge in [-0.2, -0.15) is 5.10 Å². The maximum Gasteiger partial charge on any atom is 0.309 e. The fraction of sp³-hybridized carbons (Fsp3) is 0.556. The molecular formula is C9H13N3O2. The van der Waals surface area contributed by atoms with E-state index in [9.17, 15) is 4.79 Å². The van der Waals surface area contributed by atoms with Crippen molar-refractivity contribution in [1.82, 2.24) is 14.7 Å². The van der Waals surface area contributed by atoms with Crippen molar-refractivity contribution in [2.24, 2.45) is 13.0 Å². The lowest BCUT2D eigenvalue weighted by Crippen LogP contribution is -2.49. The molecule has 1 fully saturated rings. The SMILES string of the molecule is Cn1cc(CN2CC(C(=O)O)C2)cn1. The van der Waals surface area contributed by atoms with Gasteiger partial charge in [0.15, 0.2) is 0 Å². The summed E-state index contributed by atoms with van der Waals surface area (Å²) in [6.45, 7) is 2.12. The van der Waals surface area contributed by atoms with Crippen LogP contribution in [0.4, 0.5) is 0 Å². The average Bonchev–Trinajstić information content (AvgIpc) is 2.42. The second-order valence-corrected chi connectivity index (χ2v) is 3.75. The van der Waals surface area contributed by atoms with Gasteiger partial charge in [-0.3, -0.25) is 14.4 Å². The molecule has 1 saturated heterocycles. The Bertz CT molecular complexity index is 342. The van der Waals surface area contributed by atoms with Crippen molar-refractivity contribution in [2.75, 3.05) is 13.1 Å². The third kappa shape index (κ3) is 1.77. The highest BCUT2D eigenvalue weighted by molar-refractivity contribution is 5.71. The van der Waals surface area contributed by atoms with Gasteiger partial charge in [-0.05, 0) is 0 Å². The lowest BCUT2D eigenvalue weighted by Gasteiger charge is -2.36. The maximum atomic E-state index is 10.5. The lowest BCUT2D eigenvalue weighted by molar-refractivity contribution is -0.147. The molecule has 1 aliphatic heterocycles. The zero-order valence-corrected chi connectivity index (χ0v) is 8.05. The van der Waals surface area contributed by atoms with Crippen molar-refractivity contribution < 1.29 is 9.90 Å². The molecule has 76 valence electrons. The first-order valence-electron chi connectivity index (χ1n) is 4.58. The zero-order chi connectivity index (χ0) is 10.1. The first-order chi connectivity index (χ1) is 6.65. The van der Waals surface area contributed by atoms with E-state index >= 15 is 0 Å². The fourth-order valence-corrected chi connectivity index (χ4v) is 1.67. The highest BCUT2D eigenvalue weighted by Crippen LogP contribution is 2.18. The molecule has 0 spiro atoms. The topological polar surface area (TPSA) is 58.4 Å². The molecule has 0 radical (unpaired) electrons. The van der Waals surface area contributed by atoms with E-state index in [2.05, 4.69) is 10.00 Å². The molecule has 1 N–H and O–H groups in total. The molecular weight excluding hydrogens is 182 g/mol. The maximum absolute atomic E-state index is 10.5. The van der Waals surface area contributed by atoms with Gasteiger partial charge >= 0.3 is 5.97 Å². The van der Waals surface area contributed by atoms with E-state index in [1.165, 1.54) is 0 Å². The summed E-state index contributed by atoms with van der Waals surface area (Å²) in [4.78, 5) is 12.6. The van der Waals surface area contributed by atoms with Crippen LogP contribution >= 0.6 is 0 Å². The summed E-state index contributed by atoms with van der Waals surface area (Å²) in [5, 5.41) is 12.7.